The van der Waals surface area contributed by atoms with Crippen LogP contribution in [0.5, 0.6) is 0 Å². The number of carbonyl (C=O) groups excluding carboxylic acids is 1. The lowest BCUT2D eigenvalue weighted by Crippen LogP contribution is -2.24. The van der Waals surface area contributed by atoms with Gasteiger partial charge in [-0.3, -0.25) is 9.69 Å². The molecular weight excluding hydrogens is 386 g/mol. The molecule has 0 aliphatic carbocycles. The molecule has 0 saturated carbocycles. The van der Waals surface area contributed by atoms with Gasteiger partial charge in [-0.1, -0.05) is 37.1 Å². The van der Waals surface area contributed by atoms with Gasteiger partial charge in [-0.15, -0.1) is 0 Å². The molecule has 1 saturated heterocycles. The maximum atomic E-state index is 12.8. The SMILES string of the molecule is O=C(NCc1cccc(CN2CCCCCC2)c1)c1ccc2nc(C(F)F)[nH]c2c1. The van der Waals surface area contributed by atoms with E-state index in [-0.39, 0.29) is 11.7 Å². The van der Waals surface area contributed by atoms with Crippen molar-refractivity contribution < 1.29 is 13.6 Å². The predicted molar refractivity (Wildman–Crippen MR) is 112 cm³/mol. The van der Waals surface area contributed by atoms with Crippen molar-refractivity contribution in [3.63, 3.8) is 0 Å². The number of benzene rings is 2. The Morgan fingerprint density at radius 1 is 1.07 bits per heavy atom. The summed E-state index contributed by atoms with van der Waals surface area (Å²) in [5.41, 5.74) is 3.55. The number of hydrogen-bond acceptors (Lipinski definition) is 3. The Labute approximate surface area is 174 Å². The first-order valence-electron chi connectivity index (χ1n) is 10.4. The average Bonchev–Trinajstić information content (AvgIpc) is 3.02. The molecule has 1 amide bonds. The highest BCUT2D eigenvalue weighted by Crippen LogP contribution is 2.21. The molecule has 1 aliphatic heterocycles. The minimum absolute atomic E-state index is 0.247. The predicted octanol–water partition coefficient (Wildman–Crippen LogP) is 4.81. The van der Waals surface area contributed by atoms with Crippen LogP contribution in [0.15, 0.2) is 42.5 Å². The van der Waals surface area contributed by atoms with Crippen LogP contribution >= 0.6 is 0 Å². The van der Waals surface area contributed by atoms with Gasteiger partial charge >= 0.3 is 0 Å². The summed E-state index contributed by atoms with van der Waals surface area (Å²) in [5.74, 6) is -0.633. The minimum Gasteiger partial charge on any atom is -0.348 e. The van der Waals surface area contributed by atoms with E-state index in [9.17, 15) is 13.6 Å². The molecule has 0 unspecified atom stereocenters. The van der Waals surface area contributed by atoms with Crippen molar-refractivity contribution in [1.82, 2.24) is 20.2 Å². The molecule has 1 fully saturated rings. The van der Waals surface area contributed by atoms with E-state index in [0.29, 0.717) is 23.1 Å². The molecule has 7 heteroatoms. The molecule has 3 aromatic rings. The zero-order valence-electron chi connectivity index (χ0n) is 16.8. The zero-order valence-corrected chi connectivity index (χ0v) is 16.8. The molecule has 1 aromatic heterocycles. The van der Waals surface area contributed by atoms with Gasteiger partial charge in [0.05, 0.1) is 11.0 Å². The van der Waals surface area contributed by atoms with Crippen LogP contribution in [0.2, 0.25) is 0 Å². The van der Waals surface area contributed by atoms with Gasteiger partial charge in [-0.2, -0.15) is 0 Å². The van der Waals surface area contributed by atoms with Gasteiger partial charge in [0.1, 0.15) is 0 Å². The fourth-order valence-corrected chi connectivity index (χ4v) is 3.95. The summed E-state index contributed by atoms with van der Waals surface area (Å²) in [6.45, 7) is 3.63. The van der Waals surface area contributed by atoms with Crippen LogP contribution < -0.4 is 5.32 Å². The summed E-state index contributed by atoms with van der Waals surface area (Å²) in [4.78, 5) is 21.4. The molecule has 0 spiro atoms. The molecule has 2 heterocycles. The first-order valence-corrected chi connectivity index (χ1v) is 10.4. The van der Waals surface area contributed by atoms with E-state index in [1.165, 1.54) is 31.2 Å². The Hall–Kier alpha value is -2.80. The molecule has 0 bridgehead atoms. The monoisotopic (exact) mass is 412 g/mol. The van der Waals surface area contributed by atoms with Gasteiger partial charge in [0.2, 0.25) is 0 Å². The van der Waals surface area contributed by atoms with Gasteiger partial charge in [0.15, 0.2) is 5.82 Å². The summed E-state index contributed by atoms with van der Waals surface area (Å²) >= 11 is 0. The van der Waals surface area contributed by atoms with Crippen molar-refractivity contribution in [1.29, 1.82) is 0 Å². The topological polar surface area (TPSA) is 61.0 Å². The highest BCUT2D eigenvalue weighted by atomic mass is 19.3. The Morgan fingerprint density at radius 3 is 2.60 bits per heavy atom. The highest BCUT2D eigenvalue weighted by molar-refractivity contribution is 5.97. The number of hydrogen-bond donors (Lipinski definition) is 2. The number of likely N-dealkylation sites (tertiary alicyclic amines) is 1. The molecule has 0 radical (unpaired) electrons. The smallest absolute Gasteiger partial charge is 0.295 e. The summed E-state index contributed by atoms with van der Waals surface area (Å²) in [7, 11) is 0. The van der Waals surface area contributed by atoms with E-state index in [1.807, 2.05) is 12.1 Å². The Morgan fingerprint density at radius 2 is 1.83 bits per heavy atom. The Bertz CT molecular complexity index is 1010. The number of H-pyrrole nitrogens is 1. The Balaban J connectivity index is 1.38. The molecule has 5 nitrogen and oxygen atoms in total. The second-order valence-electron chi connectivity index (χ2n) is 7.85. The molecule has 2 N–H and O–H groups in total. The summed E-state index contributed by atoms with van der Waals surface area (Å²) in [6, 6.07) is 13.0. The molecule has 158 valence electrons. The van der Waals surface area contributed by atoms with Gasteiger partial charge in [-0.25, -0.2) is 13.8 Å². The van der Waals surface area contributed by atoms with Gasteiger partial charge < -0.3 is 10.3 Å². The number of aromatic nitrogens is 2. The van der Waals surface area contributed by atoms with Crippen LogP contribution in [0.3, 0.4) is 0 Å². The second-order valence-corrected chi connectivity index (χ2v) is 7.85. The molecule has 2 aromatic carbocycles. The number of halogens is 2. The van der Waals surface area contributed by atoms with Crippen molar-refractivity contribution in [3.8, 4) is 0 Å². The third-order valence-electron chi connectivity index (χ3n) is 5.52. The zero-order chi connectivity index (χ0) is 20.9. The molecule has 1 aliphatic rings. The van der Waals surface area contributed by atoms with E-state index >= 15 is 0 Å². The maximum absolute atomic E-state index is 12.8. The fourth-order valence-electron chi connectivity index (χ4n) is 3.95. The van der Waals surface area contributed by atoms with Crippen LogP contribution in [0, 0.1) is 0 Å². The van der Waals surface area contributed by atoms with Crippen molar-refractivity contribution in [3.05, 3.63) is 65.0 Å². The lowest BCUT2D eigenvalue weighted by atomic mass is 10.1. The molecular formula is C23H26F2N4O. The third kappa shape index (κ3) is 5.02. The van der Waals surface area contributed by atoms with E-state index in [2.05, 4.69) is 32.3 Å². The lowest BCUT2D eigenvalue weighted by molar-refractivity contribution is 0.0951. The van der Waals surface area contributed by atoms with Gasteiger partial charge in [0, 0.05) is 18.7 Å². The van der Waals surface area contributed by atoms with E-state index in [4.69, 9.17) is 0 Å². The lowest BCUT2D eigenvalue weighted by Gasteiger charge is -2.20. The first kappa shape index (κ1) is 20.5. The van der Waals surface area contributed by atoms with Crippen LogP contribution in [-0.2, 0) is 13.1 Å². The first-order chi connectivity index (χ1) is 14.6. The van der Waals surface area contributed by atoms with Gasteiger partial charge in [0.25, 0.3) is 12.3 Å². The number of fused-ring (bicyclic) bond motifs is 1. The van der Waals surface area contributed by atoms with Crippen molar-refractivity contribution >= 4 is 16.9 Å². The van der Waals surface area contributed by atoms with Crippen LogP contribution in [-0.4, -0.2) is 33.9 Å². The number of alkyl halides is 2. The second kappa shape index (κ2) is 9.34. The van der Waals surface area contributed by atoms with Crippen LogP contribution in [0.4, 0.5) is 8.78 Å². The van der Waals surface area contributed by atoms with E-state index in [1.54, 1.807) is 18.2 Å². The normalized spacial score (nSPS) is 15.4. The number of rotatable bonds is 6. The van der Waals surface area contributed by atoms with E-state index in [0.717, 1.165) is 25.2 Å². The third-order valence-corrected chi connectivity index (χ3v) is 5.52. The molecule has 30 heavy (non-hydrogen) atoms. The summed E-state index contributed by atoms with van der Waals surface area (Å²) in [6.07, 6.45) is 2.48. The Kier molecular flexibility index (Phi) is 6.38. The number of aromatic amines is 1. The number of imidazole rings is 1. The average molecular weight is 412 g/mol. The number of nitrogens with zero attached hydrogens (tertiary/aromatic N) is 2. The van der Waals surface area contributed by atoms with Gasteiger partial charge in [-0.05, 0) is 55.3 Å². The van der Waals surface area contributed by atoms with Crippen molar-refractivity contribution in [2.24, 2.45) is 0 Å². The fraction of sp³-hybridized carbons (Fsp3) is 0.391. The van der Waals surface area contributed by atoms with Crippen LogP contribution in [0.25, 0.3) is 11.0 Å². The van der Waals surface area contributed by atoms with Crippen LogP contribution in [0.1, 0.15) is 59.4 Å². The highest BCUT2D eigenvalue weighted by Gasteiger charge is 2.14. The van der Waals surface area contributed by atoms with E-state index < -0.39 is 6.43 Å². The summed E-state index contributed by atoms with van der Waals surface area (Å²) in [5, 5.41) is 2.92. The quantitative estimate of drug-likeness (QED) is 0.611. The maximum Gasteiger partial charge on any atom is 0.295 e. The standard InChI is InChI=1S/C23H26F2N4O/c24-21(25)22-27-19-9-8-18(13-20(19)28-22)23(30)26-14-16-6-5-7-17(12-16)15-29-10-3-1-2-4-11-29/h5-9,12-13,21H,1-4,10-11,14-15H2,(H,26,30)(H,27,28). The summed E-state index contributed by atoms with van der Waals surface area (Å²) < 4.78 is 25.6. The number of nitrogens with one attached hydrogen (secondary N) is 2. The van der Waals surface area contributed by atoms with Crippen molar-refractivity contribution in [2.45, 2.75) is 45.2 Å². The molecule has 4 rings (SSSR count). The minimum atomic E-state index is -2.67. The number of carbonyl (C=O) groups is 1. The van der Waals surface area contributed by atoms with Crippen molar-refractivity contribution in [2.75, 3.05) is 13.1 Å². The largest absolute Gasteiger partial charge is 0.348 e. The molecule has 0 atom stereocenters. The number of amides is 1.